The number of hydrogen-bond donors (Lipinski definition) is 1. The Kier molecular flexibility index (Phi) is 4.58. The molecule has 0 aliphatic rings. The van der Waals surface area contributed by atoms with E-state index in [0.29, 0.717) is 0 Å². The molecule has 0 saturated carbocycles. The second-order valence-corrected chi connectivity index (χ2v) is 4.87. The van der Waals surface area contributed by atoms with Crippen molar-refractivity contribution in [3.05, 3.63) is 59.2 Å². The van der Waals surface area contributed by atoms with Crippen molar-refractivity contribution in [3.63, 3.8) is 0 Å². The summed E-state index contributed by atoms with van der Waals surface area (Å²) in [4.78, 5) is 0. The fourth-order valence-corrected chi connectivity index (χ4v) is 2.26. The van der Waals surface area contributed by atoms with Crippen molar-refractivity contribution in [1.29, 1.82) is 0 Å². The van der Waals surface area contributed by atoms with Gasteiger partial charge in [-0.3, -0.25) is 0 Å². The van der Waals surface area contributed by atoms with Crippen LogP contribution in [0, 0.1) is 13.8 Å². The Morgan fingerprint density at radius 2 is 1.63 bits per heavy atom. The number of para-hydroxylation sites is 1. The summed E-state index contributed by atoms with van der Waals surface area (Å²) >= 11 is 0. The molecule has 0 spiro atoms. The van der Waals surface area contributed by atoms with Crippen molar-refractivity contribution in [1.82, 2.24) is 0 Å². The summed E-state index contributed by atoms with van der Waals surface area (Å²) < 4.78 is 5.97. The first-order valence-corrected chi connectivity index (χ1v) is 6.74. The lowest BCUT2D eigenvalue weighted by molar-refractivity contribution is 0.475. The van der Waals surface area contributed by atoms with Crippen LogP contribution in [0.5, 0.6) is 11.5 Å². The van der Waals surface area contributed by atoms with Gasteiger partial charge in [0.15, 0.2) is 0 Å². The third-order valence-corrected chi connectivity index (χ3v) is 3.15. The first kappa shape index (κ1) is 13.6. The maximum atomic E-state index is 5.97. The summed E-state index contributed by atoms with van der Waals surface area (Å²) in [5.41, 5.74) is 9.25. The average Bonchev–Trinajstić information content (AvgIpc) is 2.42. The highest BCUT2D eigenvalue weighted by atomic mass is 16.5. The minimum absolute atomic E-state index is 0.736. The van der Waals surface area contributed by atoms with Gasteiger partial charge in [0.1, 0.15) is 11.5 Å². The van der Waals surface area contributed by atoms with Crippen LogP contribution in [0.15, 0.2) is 42.5 Å². The van der Waals surface area contributed by atoms with Crippen molar-refractivity contribution in [3.8, 4) is 11.5 Å². The predicted molar refractivity (Wildman–Crippen MR) is 79.8 cm³/mol. The Balaban J connectivity index is 2.22. The first-order valence-electron chi connectivity index (χ1n) is 6.74. The van der Waals surface area contributed by atoms with E-state index in [9.17, 15) is 0 Å². The highest BCUT2D eigenvalue weighted by Gasteiger charge is 2.07. The molecule has 2 rings (SSSR count). The SMILES string of the molecule is Cc1cc(CCCN)cc(C)c1Oc1ccccc1. The molecule has 0 unspecified atom stereocenters. The molecule has 2 aromatic carbocycles. The molecule has 2 N–H and O–H groups in total. The molecule has 0 bridgehead atoms. The van der Waals surface area contributed by atoms with Gasteiger partial charge in [-0.05, 0) is 62.1 Å². The van der Waals surface area contributed by atoms with Gasteiger partial charge in [0, 0.05) is 0 Å². The van der Waals surface area contributed by atoms with E-state index in [-0.39, 0.29) is 0 Å². The molecular weight excluding hydrogens is 234 g/mol. The minimum Gasteiger partial charge on any atom is -0.457 e. The maximum Gasteiger partial charge on any atom is 0.133 e. The highest BCUT2D eigenvalue weighted by Crippen LogP contribution is 2.30. The smallest absolute Gasteiger partial charge is 0.133 e. The molecule has 0 aliphatic heterocycles. The summed E-state index contributed by atoms with van der Waals surface area (Å²) in [6.07, 6.45) is 2.06. The Morgan fingerprint density at radius 1 is 1.00 bits per heavy atom. The lowest BCUT2D eigenvalue weighted by atomic mass is 10.0. The van der Waals surface area contributed by atoms with Crippen LogP contribution < -0.4 is 10.5 Å². The topological polar surface area (TPSA) is 35.2 Å². The Hall–Kier alpha value is -1.80. The summed E-state index contributed by atoms with van der Waals surface area (Å²) in [7, 11) is 0. The van der Waals surface area contributed by atoms with Gasteiger partial charge in [-0.2, -0.15) is 0 Å². The largest absolute Gasteiger partial charge is 0.457 e. The maximum absolute atomic E-state index is 5.97. The molecular formula is C17H21NO. The zero-order valence-electron chi connectivity index (χ0n) is 11.6. The zero-order valence-corrected chi connectivity index (χ0v) is 11.6. The van der Waals surface area contributed by atoms with Gasteiger partial charge in [-0.15, -0.1) is 0 Å². The standard InChI is InChI=1S/C17H21NO/c1-13-11-15(7-6-10-18)12-14(2)17(13)19-16-8-4-3-5-9-16/h3-5,8-9,11-12H,6-7,10,18H2,1-2H3. The molecule has 0 aromatic heterocycles. The van der Waals surface area contributed by atoms with E-state index >= 15 is 0 Å². The van der Waals surface area contributed by atoms with Crippen molar-refractivity contribution in [2.45, 2.75) is 26.7 Å². The monoisotopic (exact) mass is 255 g/mol. The quantitative estimate of drug-likeness (QED) is 0.876. The van der Waals surface area contributed by atoms with E-state index in [2.05, 4.69) is 26.0 Å². The highest BCUT2D eigenvalue weighted by molar-refractivity contribution is 5.45. The van der Waals surface area contributed by atoms with E-state index in [1.165, 1.54) is 16.7 Å². The van der Waals surface area contributed by atoms with Crippen molar-refractivity contribution in [2.75, 3.05) is 6.54 Å². The van der Waals surface area contributed by atoms with Gasteiger partial charge in [0.2, 0.25) is 0 Å². The summed E-state index contributed by atoms with van der Waals surface area (Å²) in [5, 5.41) is 0. The van der Waals surface area contributed by atoms with E-state index in [0.717, 1.165) is 30.9 Å². The molecule has 19 heavy (non-hydrogen) atoms. The van der Waals surface area contributed by atoms with Gasteiger partial charge in [-0.25, -0.2) is 0 Å². The number of hydrogen-bond acceptors (Lipinski definition) is 2. The second kappa shape index (κ2) is 6.39. The van der Waals surface area contributed by atoms with Gasteiger partial charge in [0.25, 0.3) is 0 Å². The number of aryl methyl sites for hydroxylation is 3. The molecule has 0 heterocycles. The summed E-state index contributed by atoms with van der Waals surface area (Å²) in [6, 6.07) is 14.3. The molecule has 2 aromatic rings. The van der Waals surface area contributed by atoms with Crippen molar-refractivity contribution >= 4 is 0 Å². The predicted octanol–water partition coefficient (Wildman–Crippen LogP) is 3.99. The Labute approximate surface area is 115 Å². The van der Waals surface area contributed by atoms with Crippen LogP contribution in [0.1, 0.15) is 23.1 Å². The molecule has 2 heteroatoms. The van der Waals surface area contributed by atoms with Crippen LogP contribution in [-0.4, -0.2) is 6.54 Å². The molecule has 0 atom stereocenters. The van der Waals surface area contributed by atoms with Crippen LogP contribution in [0.25, 0.3) is 0 Å². The number of ether oxygens (including phenoxy) is 1. The number of nitrogens with two attached hydrogens (primary N) is 1. The lowest BCUT2D eigenvalue weighted by Gasteiger charge is -2.13. The minimum atomic E-state index is 0.736. The van der Waals surface area contributed by atoms with E-state index in [1.807, 2.05) is 30.3 Å². The molecule has 0 radical (unpaired) electrons. The molecule has 100 valence electrons. The van der Waals surface area contributed by atoms with Crippen LogP contribution in [0.3, 0.4) is 0 Å². The average molecular weight is 255 g/mol. The third kappa shape index (κ3) is 3.58. The summed E-state index contributed by atoms with van der Waals surface area (Å²) in [6.45, 7) is 4.93. The Morgan fingerprint density at radius 3 is 2.21 bits per heavy atom. The Bertz CT molecular complexity index is 511. The second-order valence-electron chi connectivity index (χ2n) is 4.87. The van der Waals surface area contributed by atoms with E-state index < -0.39 is 0 Å². The fourth-order valence-electron chi connectivity index (χ4n) is 2.26. The molecule has 0 fully saturated rings. The molecule has 0 aliphatic carbocycles. The molecule has 0 amide bonds. The van der Waals surface area contributed by atoms with Gasteiger partial charge in [-0.1, -0.05) is 30.3 Å². The summed E-state index contributed by atoms with van der Waals surface area (Å²) in [5.74, 6) is 1.84. The molecule has 0 saturated heterocycles. The van der Waals surface area contributed by atoms with Crippen LogP contribution >= 0.6 is 0 Å². The van der Waals surface area contributed by atoms with E-state index in [4.69, 9.17) is 10.5 Å². The normalized spacial score (nSPS) is 10.5. The van der Waals surface area contributed by atoms with Gasteiger partial charge < -0.3 is 10.5 Å². The van der Waals surface area contributed by atoms with Crippen LogP contribution in [-0.2, 0) is 6.42 Å². The van der Waals surface area contributed by atoms with Crippen molar-refractivity contribution < 1.29 is 4.74 Å². The first-order chi connectivity index (χ1) is 9.20. The lowest BCUT2D eigenvalue weighted by Crippen LogP contribution is -2.01. The van der Waals surface area contributed by atoms with E-state index in [1.54, 1.807) is 0 Å². The van der Waals surface area contributed by atoms with Gasteiger partial charge in [0.05, 0.1) is 0 Å². The van der Waals surface area contributed by atoms with Crippen molar-refractivity contribution in [2.24, 2.45) is 5.73 Å². The third-order valence-electron chi connectivity index (χ3n) is 3.15. The zero-order chi connectivity index (χ0) is 13.7. The fraction of sp³-hybridized carbons (Fsp3) is 0.294. The number of benzene rings is 2. The van der Waals surface area contributed by atoms with Crippen LogP contribution in [0.2, 0.25) is 0 Å². The van der Waals surface area contributed by atoms with Gasteiger partial charge >= 0.3 is 0 Å². The molecule has 2 nitrogen and oxygen atoms in total. The van der Waals surface area contributed by atoms with Crippen LogP contribution in [0.4, 0.5) is 0 Å². The number of rotatable bonds is 5.